The van der Waals surface area contributed by atoms with Crippen LogP contribution in [-0.2, 0) is 6.54 Å². The number of pyridine rings is 1. The second-order valence-corrected chi connectivity index (χ2v) is 5.56. The van der Waals surface area contributed by atoms with Gasteiger partial charge in [0.05, 0.1) is 6.10 Å². The first-order chi connectivity index (χ1) is 10.7. The van der Waals surface area contributed by atoms with Crippen molar-refractivity contribution in [1.82, 2.24) is 14.8 Å². The molecule has 6 heteroatoms. The number of hydrogen-bond donors (Lipinski definition) is 2. The van der Waals surface area contributed by atoms with Crippen molar-refractivity contribution in [3.05, 3.63) is 34.7 Å². The van der Waals surface area contributed by atoms with E-state index in [0.29, 0.717) is 6.54 Å². The van der Waals surface area contributed by atoms with Gasteiger partial charge in [-0.2, -0.15) is 0 Å². The van der Waals surface area contributed by atoms with Gasteiger partial charge in [0, 0.05) is 45.0 Å². The summed E-state index contributed by atoms with van der Waals surface area (Å²) in [7, 11) is 0. The Kier molecular flexibility index (Phi) is 6.45. The monoisotopic (exact) mass is 306 g/mol. The van der Waals surface area contributed by atoms with E-state index in [-0.39, 0.29) is 11.7 Å². The lowest BCUT2D eigenvalue weighted by Crippen LogP contribution is -2.40. The molecule has 0 amide bonds. The quantitative estimate of drug-likeness (QED) is 0.460. The Labute approximate surface area is 131 Å². The maximum Gasteiger partial charge on any atom is 0.250 e. The lowest BCUT2D eigenvalue weighted by molar-refractivity contribution is 0.188. The van der Waals surface area contributed by atoms with Gasteiger partial charge in [0.15, 0.2) is 5.96 Å². The molecule has 2 N–H and O–H groups in total. The molecule has 0 bridgehead atoms. The number of guanidine groups is 1. The van der Waals surface area contributed by atoms with Crippen LogP contribution in [0.15, 0.2) is 34.2 Å². The minimum Gasteiger partial charge on any atom is -0.391 e. The number of nitrogens with one attached hydrogen (secondary N) is 1. The molecule has 1 aliphatic rings. The minimum absolute atomic E-state index is 0.0467. The second kappa shape index (κ2) is 8.58. The van der Waals surface area contributed by atoms with E-state index in [1.165, 1.54) is 0 Å². The molecule has 1 aliphatic heterocycles. The number of nitrogens with zero attached hydrogens (tertiary/aromatic N) is 3. The van der Waals surface area contributed by atoms with Crippen molar-refractivity contribution in [2.75, 3.05) is 26.2 Å². The minimum atomic E-state index is -0.242. The third-order valence-electron chi connectivity index (χ3n) is 3.77. The summed E-state index contributed by atoms with van der Waals surface area (Å²) in [5, 5.41) is 12.9. The largest absolute Gasteiger partial charge is 0.391 e. The molecule has 0 saturated carbocycles. The number of aromatic nitrogens is 1. The molecule has 0 aromatic carbocycles. The average molecular weight is 306 g/mol. The molecular weight excluding hydrogens is 280 g/mol. The van der Waals surface area contributed by atoms with E-state index in [0.717, 1.165) is 51.4 Å². The second-order valence-electron chi connectivity index (χ2n) is 5.56. The molecule has 1 aromatic rings. The van der Waals surface area contributed by atoms with Crippen molar-refractivity contribution in [2.45, 2.75) is 38.8 Å². The maximum absolute atomic E-state index is 11.6. The number of aryl methyl sites for hydroxylation is 1. The average Bonchev–Trinajstić information content (AvgIpc) is 2.94. The number of β-amino-alcohol motifs (C(OH)–C–C–N with tert-alkyl or cyclic N) is 1. The molecule has 0 aliphatic carbocycles. The summed E-state index contributed by atoms with van der Waals surface area (Å²) in [6.45, 7) is 5.84. The van der Waals surface area contributed by atoms with Crippen LogP contribution in [0.1, 0.15) is 26.2 Å². The van der Waals surface area contributed by atoms with Crippen LogP contribution in [0.25, 0.3) is 0 Å². The van der Waals surface area contributed by atoms with Crippen LogP contribution in [0.5, 0.6) is 0 Å². The zero-order valence-electron chi connectivity index (χ0n) is 13.2. The van der Waals surface area contributed by atoms with Crippen LogP contribution < -0.4 is 10.9 Å². The van der Waals surface area contributed by atoms with Crippen molar-refractivity contribution >= 4 is 5.96 Å². The lowest BCUT2D eigenvalue weighted by atomic mass is 10.3. The Morgan fingerprint density at radius 3 is 3.00 bits per heavy atom. The van der Waals surface area contributed by atoms with Crippen LogP contribution in [0, 0.1) is 0 Å². The van der Waals surface area contributed by atoms with Gasteiger partial charge in [0.25, 0.3) is 0 Å². The molecular formula is C16H26N4O2. The Morgan fingerprint density at radius 2 is 2.32 bits per heavy atom. The fourth-order valence-corrected chi connectivity index (χ4v) is 2.58. The number of rotatable bonds is 6. The van der Waals surface area contributed by atoms with E-state index >= 15 is 0 Å². The molecule has 0 unspecified atom stereocenters. The SMILES string of the molecule is CCNC(=NCCCCn1ccccc1=O)N1CC[C@@H](O)C1. The van der Waals surface area contributed by atoms with Gasteiger partial charge in [-0.05, 0) is 32.3 Å². The third-order valence-corrected chi connectivity index (χ3v) is 3.77. The molecule has 0 radical (unpaired) electrons. The van der Waals surface area contributed by atoms with Gasteiger partial charge in [0.2, 0.25) is 5.56 Å². The number of aliphatic imine (C=N–C) groups is 1. The molecule has 1 atom stereocenters. The highest BCUT2D eigenvalue weighted by Gasteiger charge is 2.22. The number of likely N-dealkylation sites (tertiary alicyclic amines) is 1. The van der Waals surface area contributed by atoms with Gasteiger partial charge in [0.1, 0.15) is 0 Å². The molecule has 1 saturated heterocycles. The summed E-state index contributed by atoms with van der Waals surface area (Å²) in [6, 6.07) is 5.22. The normalized spacial score (nSPS) is 18.7. The van der Waals surface area contributed by atoms with Crippen molar-refractivity contribution in [3.8, 4) is 0 Å². The van der Waals surface area contributed by atoms with E-state index in [4.69, 9.17) is 0 Å². The summed E-state index contributed by atoms with van der Waals surface area (Å²) in [5.41, 5.74) is 0.0467. The van der Waals surface area contributed by atoms with Crippen molar-refractivity contribution < 1.29 is 5.11 Å². The molecule has 122 valence electrons. The van der Waals surface area contributed by atoms with Gasteiger partial charge in [-0.25, -0.2) is 0 Å². The summed E-state index contributed by atoms with van der Waals surface area (Å²) in [5.74, 6) is 0.885. The van der Waals surface area contributed by atoms with Crippen LogP contribution in [0.4, 0.5) is 0 Å². The Bertz CT molecular complexity index is 541. The predicted octanol–water partition coefficient (Wildman–Crippen LogP) is 0.661. The molecule has 6 nitrogen and oxygen atoms in total. The zero-order chi connectivity index (χ0) is 15.8. The van der Waals surface area contributed by atoms with Gasteiger partial charge < -0.3 is 19.9 Å². The Hall–Kier alpha value is -1.82. The highest BCUT2D eigenvalue weighted by molar-refractivity contribution is 5.80. The first-order valence-electron chi connectivity index (χ1n) is 8.07. The van der Waals surface area contributed by atoms with Gasteiger partial charge in [-0.15, -0.1) is 0 Å². The van der Waals surface area contributed by atoms with Crippen molar-refractivity contribution in [1.29, 1.82) is 0 Å². The molecule has 22 heavy (non-hydrogen) atoms. The summed E-state index contributed by atoms with van der Waals surface area (Å²) in [6.07, 6.45) is 4.25. The summed E-state index contributed by atoms with van der Waals surface area (Å²) < 4.78 is 1.73. The van der Waals surface area contributed by atoms with E-state index in [9.17, 15) is 9.90 Å². The van der Waals surface area contributed by atoms with Crippen LogP contribution in [-0.4, -0.2) is 52.8 Å². The highest BCUT2D eigenvalue weighted by atomic mass is 16.3. The number of aliphatic hydroxyl groups is 1. The summed E-state index contributed by atoms with van der Waals surface area (Å²) >= 11 is 0. The van der Waals surface area contributed by atoms with E-state index in [2.05, 4.69) is 15.2 Å². The number of aliphatic hydroxyl groups excluding tert-OH is 1. The predicted molar refractivity (Wildman–Crippen MR) is 88.1 cm³/mol. The fourth-order valence-electron chi connectivity index (χ4n) is 2.58. The third kappa shape index (κ3) is 4.87. The molecule has 1 aromatic heterocycles. The van der Waals surface area contributed by atoms with Crippen molar-refractivity contribution in [2.24, 2.45) is 4.99 Å². The van der Waals surface area contributed by atoms with Gasteiger partial charge in [-0.3, -0.25) is 9.79 Å². The highest BCUT2D eigenvalue weighted by Crippen LogP contribution is 2.08. The standard InChI is InChI=1S/C16H26N4O2/c1-2-17-16(20-12-8-14(21)13-20)18-9-4-6-11-19-10-5-3-7-15(19)22/h3,5,7,10,14,21H,2,4,6,8-9,11-13H2,1H3,(H,17,18)/t14-/m1/s1. The van der Waals surface area contributed by atoms with Crippen LogP contribution >= 0.6 is 0 Å². The van der Waals surface area contributed by atoms with Crippen LogP contribution in [0.2, 0.25) is 0 Å². The molecule has 1 fully saturated rings. The first-order valence-corrected chi connectivity index (χ1v) is 8.07. The van der Waals surface area contributed by atoms with Gasteiger partial charge in [-0.1, -0.05) is 6.07 Å². The van der Waals surface area contributed by atoms with E-state index in [1.807, 2.05) is 19.2 Å². The topological polar surface area (TPSA) is 69.9 Å². The fraction of sp³-hybridized carbons (Fsp3) is 0.625. The number of unbranched alkanes of at least 4 members (excludes halogenated alkanes) is 1. The smallest absolute Gasteiger partial charge is 0.250 e. The lowest BCUT2D eigenvalue weighted by Gasteiger charge is -2.20. The van der Waals surface area contributed by atoms with Crippen LogP contribution in [0.3, 0.4) is 0 Å². The van der Waals surface area contributed by atoms with Crippen molar-refractivity contribution in [3.63, 3.8) is 0 Å². The van der Waals surface area contributed by atoms with E-state index in [1.54, 1.807) is 16.7 Å². The van der Waals surface area contributed by atoms with E-state index < -0.39 is 0 Å². The molecule has 0 spiro atoms. The Balaban J connectivity index is 1.77. The zero-order valence-corrected chi connectivity index (χ0v) is 13.2. The summed E-state index contributed by atoms with van der Waals surface area (Å²) in [4.78, 5) is 18.3. The molecule has 2 heterocycles. The maximum atomic E-state index is 11.6. The number of hydrogen-bond acceptors (Lipinski definition) is 3. The molecule has 2 rings (SSSR count). The van der Waals surface area contributed by atoms with Gasteiger partial charge >= 0.3 is 0 Å². The Morgan fingerprint density at radius 1 is 1.45 bits per heavy atom. The first kappa shape index (κ1) is 16.5.